The number of nitrogens with zero attached hydrogens (tertiary/aromatic N) is 2. The fourth-order valence-corrected chi connectivity index (χ4v) is 2.00. The van der Waals surface area contributed by atoms with Gasteiger partial charge in [0.2, 0.25) is 0 Å². The molecule has 0 radical (unpaired) electrons. The molecule has 0 aliphatic rings. The van der Waals surface area contributed by atoms with Crippen molar-refractivity contribution in [3.05, 3.63) is 35.1 Å². The van der Waals surface area contributed by atoms with Gasteiger partial charge >= 0.3 is 0 Å². The predicted molar refractivity (Wildman–Crippen MR) is 74.3 cm³/mol. The van der Waals surface area contributed by atoms with Gasteiger partial charge in [-0.05, 0) is 30.7 Å². The zero-order chi connectivity index (χ0) is 12.1. The highest BCUT2D eigenvalue weighted by atomic mass is 32.1. The number of aromatic nitrogens is 2. The Hall–Kier alpha value is -1.42. The van der Waals surface area contributed by atoms with Gasteiger partial charge in [0.1, 0.15) is 4.64 Å². The first-order valence-corrected chi connectivity index (χ1v) is 6.44. The molecule has 0 aliphatic heterocycles. The van der Waals surface area contributed by atoms with Crippen LogP contribution in [0, 0.1) is 4.64 Å². The van der Waals surface area contributed by atoms with E-state index in [-0.39, 0.29) is 0 Å². The van der Waals surface area contributed by atoms with E-state index in [1.807, 2.05) is 28.9 Å². The second-order valence-electron chi connectivity index (χ2n) is 4.04. The SMILES string of the molecule is CCCCCNn1c(=S)ccc2cccnc21. The standard InChI is InChI=1S/C13H17N3S/c1-2-3-4-10-15-16-12(17)8-7-11-6-5-9-14-13(11)16/h5-9,15H,2-4,10H2,1H3. The smallest absolute Gasteiger partial charge is 0.159 e. The van der Waals surface area contributed by atoms with Crippen molar-refractivity contribution in [2.45, 2.75) is 26.2 Å². The molecule has 90 valence electrons. The van der Waals surface area contributed by atoms with E-state index < -0.39 is 0 Å². The average molecular weight is 247 g/mol. The highest BCUT2D eigenvalue weighted by Crippen LogP contribution is 2.10. The lowest BCUT2D eigenvalue weighted by atomic mass is 10.2. The molecule has 17 heavy (non-hydrogen) atoms. The maximum Gasteiger partial charge on any atom is 0.159 e. The number of rotatable bonds is 5. The van der Waals surface area contributed by atoms with Crippen molar-refractivity contribution in [3.8, 4) is 0 Å². The third kappa shape index (κ3) is 2.82. The van der Waals surface area contributed by atoms with Gasteiger partial charge in [0, 0.05) is 18.1 Å². The molecule has 2 aromatic heterocycles. The van der Waals surface area contributed by atoms with E-state index in [1.165, 1.54) is 12.8 Å². The molecule has 3 nitrogen and oxygen atoms in total. The Morgan fingerprint density at radius 2 is 2.18 bits per heavy atom. The first-order chi connectivity index (χ1) is 8.33. The predicted octanol–water partition coefficient (Wildman–Crippen LogP) is 3.50. The number of unbranched alkanes of at least 4 members (excludes halogenated alkanes) is 2. The molecule has 2 rings (SSSR count). The van der Waals surface area contributed by atoms with Crippen LogP contribution in [0.15, 0.2) is 30.5 Å². The quantitative estimate of drug-likeness (QED) is 0.648. The Balaban J connectivity index is 2.25. The van der Waals surface area contributed by atoms with Gasteiger partial charge in [-0.2, -0.15) is 0 Å². The fraction of sp³-hybridized carbons (Fsp3) is 0.385. The third-order valence-electron chi connectivity index (χ3n) is 2.70. The van der Waals surface area contributed by atoms with Crippen molar-refractivity contribution in [2.75, 3.05) is 12.0 Å². The van der Waals surface area contributed by atoms with Crippen LogP contribution in [-0.4, -0.2) is 16.2 Å². The van der Waals surface area contributed by atoms with Crippen LogP contribution in [0.3, 0.4) is 0 Å². The number of nitrogens with one attached hydrogen (secondary N) is 1. The van der Waals surface area contributed by atoms with Crippen molar-refractivity contribution in [1.29, 1.82) is 0 Å². The highest BCUT2D eigenvalue weighted by Gasteiger charge is 2.00. The highest BCUT2D eigenvalue weighted by molar-refractivity contribution is 7.71. The van der Waals surface area contributed by atoms with Crippen LogP contribution < -0.4 is 5.43 Å². The normalized spacial score (nSPS) is 10.6. The molecule has 0 spiro atoms. The van der Waals surface area contributed by atoms with Gasteiger partial charge in [0.05, 0.1) is 0 Å². The molecule has 0 saturated heterocycles. The minimum atomic E-state index is 0.771. The topological polar surface area (TPSA) is 29.9 Å². The third-order valence-corrected chi connectivity index (χ3v) is 3.02. The van der Waals surface area contributed by atoms with Crippen molar-refractivity contribution < 1.29 is 0 Å². The summed E-state index contributed by atoms with van der Waals surface area (Å²) in [6.07, 6.45) is 5.40. The summed E-state index contributed by atoms with van der Waals surface area (Å²) in [5.41, 5.74) is 4.24. The van der Waals surface area contributed by atoms with Crippen LogP contribution >= 0.6 is 12.2 Å². The average Bonchev–Trinajstić information content (AvgIpc) is 2.37. The monoisotopic (exact) mass is 247 g/mol. The molecule has 0 bridgehead atoms. The lowest BCUT2D eigenvalue weighted by Gasteiger charge is -2.12. The van der Waals surface area contributed by atoms with Gasteiger partial charge < -0.3 is 5.43 Å². The van der Waals surface area contributed by atoms with Crippen LogP contribution in [0.5, 0.6) is 0 Å². The van der Waals surface area contributed by atoms with Crippen LogP contribution in [0.4, 0.5) is 0 Å². The number of hydrogen-bond donors (Lipinski definition) is 1. The molecular weight excluding hydrogens is 230 g/mol. The number of fused-ring (bicyclic) bond motifs is 1. The summed E-state index contributed by atoms with van der Waals surface area (Å²) >= 11 is 5.32. The van der Waals surface area contributed by atoms with Crippen LogP contribution in [0.25, 0.3) is 11.0 Å². The summed E-state index contributed by atoms with van der Waals surface area (Å²) in [5.74, 6) is 0. The second kappa shape index (κ2) is 5.77. The van der Waals surface area contributed by atoms with E-state index in [1.54, 1.807) is 6.20 Å². The van der Waals surface area contributed by atoms with Gasteiger partial charge in [-0.3, -0.25) is 0 Å². The molecule has 0 atom stereocenters. The molecule has 4 heteroatoms. The first-order valence-electron chi connectivity index (χ1n) is 6.03. The summed E-state index contributed by atoms with van der Waals surface area (Å²) in [7, 11) is 0. The number of pyridine rings is 2. The maximum atomic E-state index is 5.32. The molecule has 2 aromatic rings. The van der Waals surface area contributed by atoms with Gasteiger partial charge in [-0.15, -0.1) is 0 Å². The second-order valence-corrected chi connectivity index (χ2v) is 4.46. The Kier molecular flexibility index (Phi) is 4.09. The summed E-state index contributed by atoms with van der Waals surface area (Å²) in [5, 5.41) is 1.10. The summed E-state index contributed by atoms with van der Waals surface area (Å²) in [6.45, 7) is 3.13. The molecule has 0 unspecified atom stereocenters. The van der Waals surface area contributed by atoms with E-state index in [2.05, 4.69) is 17.3 Å². The number of hydrogen-bond acceptors (Lipinski definition) is 3. The van der Waals surface area contributed by atoms with E-state index in [4.69, 9.17) is 12.2 Å². The minimum absolute atomic E-state index is 0.771. The Morgan fingerprint density at radius 3 is 3.00 bits per heavy atom. The fourth-order valence-electron chi connectivity index (χ4n) is 1.78. The molecule has 0 fully saturated rings. The molecule has 0 saturated carbocycles. The lowest BCUT2D eigenvalue weighted by molar-refractivity contribution is 0.703. The van der Waals surface area contributed by atoms with Gasteiger partial charge in [0.15, 0.2) is 5.65 Å². The molecule has 0 aromatic carbocycles. The molecule has 0 aliphatic carbocycles. The van der Waals surface area contributed by atoms with Gasteiger partial charge in [0.25, 0.3) is 0 Å². The van der Waals surface area contributed by atoms with Crippen LogP contribution in [0.1, 0.15) is 26.2 Å². The zero-order valence-electron chi connectivity index (χ0n) is 10.0. The van der Waals surface area contributed by atoms with E-state index >= 15 is 0 Å². The van der Waals surface area contributed by atoms with Gasteiger partial charge in [-0.25, -0.2) is 9.66 Å². The van der Waals surface area contributed by atoms with Crippen molar-refractivity contribution in [3.63, 3.8) is 0 Å². The molecule has 2 heterocycles. The Labute approximate surface area is 106 Å². The lowest BCUT2D eigenvalue weighted by Crippen LogP contribution is -2.18. The van der Waals surface area contributed by atoms with Crippen LogP contribution in [-0.2, 0) is 0 Å². The minimum Gasteiger partial charge on any atom is -0.323 e. The molecular formula is C13H17N3S. The van der Waals surface area contributed by atoms with E-state index in [0.717, 1.165) is 28.6 Å². The maximum absolute atomic E-state index is 5.32. The molecule has 1 N–H and O–H groups in total. The van der Waals surface area contributed by atoms with Crippen LogP contribution in [0.2, 0.25) is 0 Å². The Morgan fingerprint density at radius 1 is 1.29 bits per heavy atom. The summed E-state index contributed by atoms with van der Waals surface area (Å²) in [6, 6.07) is 7.93. The van der Waals surface area contributed by atoms with Crippen molar-refractivity contribution in [1.82, 2.24) is 9.66 Å². The molecule has 0 amide bonds. The Bertz CT molecular complexity index is 548. The van der Waals surface area contributed by atoms with E-state index in [0.29, 0.717) is 0 Å². The van der Waals surface area contributed by atoms with Crippen molar-refractivity contribution >= 4 is 23.3 Å². The first kappa shape index (κ1) is 12.0. The zero-order valence-corrected chi connectivity index (χ0v) is 10.8. The summed E-state index contributed by atoms with van der Waals surface area (Å²) in [4.78, 5) is 4.37. The van der Waals surface area contributed by atoms with Crippen molar-refractivity contribution in [2.24, 2.45) is 0 Å². The largest absolute Gasteiger partial charge is 0.323 e. The summed E-state index contributed by atoms with van der Waals surface area (Å²) < 4.78 is 2.67. The van der Waals surface area contributed by atoms with E-state index in [9.17, 15) is 0 Å². The van der Waals surface area contributed by atoms with Gasteiger partial charge in [-0.1, -0.05) is 32.0 Å².